The molecule has 14 heavy (non-hydrogen) atoms. The van der Waals surface area contributed by atoms with Crippen molar-refractivity contribution in [3.05, 3.63) is 57.8 Å². The highest BCUT2D eigenvalue weighted by Gasteiger charge is 1.90. The van der Waals surface area contributed by atoms with E-state index in [9.17, 15) is 0 Å². The molecule has 0 saturated carbocycles. The fourth-order valence-corrected chi connectivity index (χ4v) is 2.07. The number of hydrogen-bond acceptors (Lipinski definition) is 1. The van der Waals surface area contributed by atoms with E-state index in [0.717, 1.165) is 0 Å². The van der Waals surface area contributed by atoms with Crippen LogP contribution in [0.2, 0.25) is 0 Å². The van der Waals surface area contributed by atoms with Crippen LogP contribution in [-0.2, 0) is 0 Å². The van der Waals surface area contributed by atoms with Crippen molar-refractivity contribution in [1.82, 2.24) is 0 Å². The van der Waals surface area contributed by atoms with Crippen molar-refractivity contribution in [2.45, 2.75) is 6.92 Å². The van der Waals surface area contributed by atoms with Gasteiger partial charge in [-0.1, -0.05) is 36.4 Å². The molecular formula is C13H12S. The van der Waals surface area contributed by atoms with E-state index in [-0.39, 0.29) is 0 Å². The first-order valence-corrected chi connectivity index (χ1v) is 5.51. The molecule has 0 amide bonds. The van der Waals surface area contributed by atoms with Crippen LogP contribution >= 0.6 is 11.3 Å². The van der Waals surface area contributed by atoms with Crippen molar-refractivity contribution in [3.8, 4) is 0 Å². The summed E-state index contributed by atoms with van der Waals surface area (Å²) in [4.78, 5) is 1.31. The lowest BCUT2D eigenvalue weighted by Gasteiger charge is -1.89. The lowest BCUT2D eigenvalue weighted by atomic mass is 10.2. The summed E-state index contributed by atoms with van der Waals surface area (Å²) < 4.78 is 0. The second-order valence-corrected chi connectivity index (χ2v) is 4.21. The van der Waals surface area contributed by atoms with Gasteiger partial charge in [0, 0.05) is 4.88 Å². The van der Waals surface area contributed by atoms with Crippen molar-refractivity contribution >= 4 is 23.5 Å². The highest BCUT2D eigenvalue weighted by atomic mass is 32.1. The Morgan fingerprint density at radius 2 is 1.86 bits per heavy atom. The topological polar surface area (TPSA) is 0 Å². The standard InChI is InChI=1S/C13H12S/c1-11-9-13(14-10-11)8-7-12-5-3-2-4-6-12/h2-10H,1H3/b8-7+. The predicted octanol–water partition coefficient (Wildman–Crippen LogP) is 4.23. The number of benzene rings is 1. The normalized spacial score (nSPS) is 10.9. The van der Waals surface area contributed by atoms with Gasteiger partial charge in [-0.3, -0.25) is 0 Å². The molecule has 0 nitrogen and oxygen atoms in total. The van der Waals surface area contributed by atoms with Crippen LogP contribution in [0, 0.1) is 6.92 Å². The predicted molar refractivity (Wildman–Crippen MR) is 64.4 cm³/mol. The van der Waals surface area contributed by atoms with Gasteiger partial charge in [-0.25, -0.2) is 0 Å². The van der Waals surface area contributed by atoms with Gasteiger partial charge in [0.15, 0.2) is 0 Å². The van der Waals surface area contributed by atoms with Crippen LogP contribution in [0.1, 0.15) is 16.0 Å². The van der Waals surface area contributed by atoms with E-state index < -0.39 is 0 Å². The van der Waals surface area contributed by atoms with Crippen LogP contribution in [-0.4, -0.2) is 0 Å². The van der Waals surface area contributed by atoms with Crippen LogP contribution in [0.5, 0.6) is 0 Å². The summed E-state index contributed by atoms with van der Waals surface area (Å²) in [5, 5.41) is 2.17. The third kappa shape index (κ3) is 2.33. The largest absolute Gasteiger partial charge is 0.144 e. The molecule has 0 radical (unpaired) electrons. The van der Waals surface area contributed by atoms with Gasteiger partial charge < -0.3 is 0 Å². The molecule has 70 valence electrons. The number of thiophene rings is 1. The minimum atomic E-state index is 1.25. The average Bonchev–Trinajstić information content (AvgIpc) is 2.63. The molecule has 0 bridgehead atoms. The van der Waals surface area contributed by atoms with Gasteiger partial charge in [-0.15, -0.1) is 11.3 Å². The van der Waals surface area contributed by atoms with Crippen molar-refractivity contribution < 1.29 is 0 Å². The van der Waals surface area contributed by atoms with Gasteiger partial charge in [-0.2, -0.15) is 0 Å². The summed E-state index contributed by atoms with van der Waals surface area (Å²) in [5.74, 6) is 0. The molecule has 0 aliphatic carbocycles. The van der Waals surface area contributed by atoms with E-state index in [4.69, 9.17) is 0 Å². The highest BCUT2D eigenvalue weighted by molar-refractivity contribution is 7.11. The van der Waals surface area contributed by atoms with Gasteiger partial charge >= 0.3 is 0 Å². The van der Waals surface area contributed by atoms with E-state index in [1.54, 1.807) is 11.3 Å². The SMILES string of the molecule is Cc1csc(/C=C/c2ccccc2)c1. The van der Waals surface area contributed by atoms with Crippen LogP contribution < -0.4 is 0 Å². The van der Waals surface area contributed by atoms with Crippen LogP contribution in [0.15, 0.2) is 41.8 Å². The van der Waals surface area contributed by atoms with Crippen LogP contribution in [0.25, 0.3) is 12.2 Å². The molecule has 1 heterocycles. The molecule has 1 aromatic carbocycles. The minimum absolute atomic E-state index is 1.25. The zero-order chi connectivity index (χ0) is 9.80. The summed E-state index contributed by atoms with van der Waals surface area (Å²) in [6.45, 7) is 2.12. The van der Waals surface area contributed by atoms with E-state index >= 15 is 0 Å². The second-order valence-electron chi connectivity index (χ2n) is 3.27. The Hall–Kier alpha value is -1.34. The molecule has 1 aromatic heterocycles. The third-order valence-corrected chi connectivity index (χ3v) is 3.01. The van der Waals surface area contributed by atoms with Gasteiger partial charge in [0.05, 0.1) is 0 Å². The smallest absolute Gasteiger partial charge is 0.0273 e. The molecule has 0 unspecified atom stereocenters. The average molecular weight is 200 g/mol. The maximum Gasteiger partial charge on any atom is 0.0273 e. The number of hydrogen-bond donors (Lipinski definition) is 0. The molecule has 0 N–H and O–H groups in total. The lowest BCUT2D eigenvalue weighted by molar-refractivity contribution is 1.55. The van der Waals surface area contributed by atoms with Crippen molar-refractivity contribution in [2.75, 3.05) is 0 Å². The van der Waals surface area contributed by atoms with Gasteiger partial charge in [0.25, 0.3) is 0 Å². The van der Waals surface area contributed by atoms with Gasteiger partial charge in [0.2, 0.25) is 0 Å². The van der Waals surface area contributed by atoms with Crippen molar-refractivity contribution in [3.63, 3.8) is 0 Å². The summed E-state index contributed by atoms with van der Waals surface area (Å²) in [5.41, 5.74) is 2.58. The van der Waals surface area contributed by atoms with Crippen LogP contribution in [0.4, 0.5) is 0 Å². The molecule has 0 fully saturated rings. The Morgan fingerprint density at radius 1 is 1.07 bits per heavy atom. The molecule has 0 aliphatic rings. The first-order valence-electron chi connectivity index (χ1n) is 4.63. The number of rotatable bonds is 2. The molecule has 0 atom stereocenters. The summed E-state index contributed by atoms with van der Waals surface area (Å²) >= 11 is 1.78. The van der Waals surface area contributed by atoms with E-state index in [1.165, 1.54) is 16.0 Å². The highest BCUT2D eigenvalue weighted by Crippen LogP contribution is 2.16. The first-order chi connectivity index (χ1) is 6.84. The van der Waals surface area contributed by atoms with Crippen molar-refractivity contribution in [1.29, 1.82) is 0 Å². The van der Waals surface area contributed by atoms with E-state index in [0.29, 0.717) is 0 Å². The van der Waals surface area contributed by atoms with Gasteiger partial charge in [-0.05, 0) is 35.6 Å². The summed E-state index contributed by atoms with van der Waals surface area (Å²) in [6.07, 6.45) is 4.30. The zero-order valence-electron chi connectivity index (χ0n) is 8.10. The Morgan fingerprint density at radius 3 is 2.50 bits per heavy atom. The molecular weight excluding hydrogens is 188 g/mol. The molecule has 1 heteroatoms. The van der Waals surface area contributed by atoms with Crippen molar-refractivity contribution in [2.24, 2.45) is 0 Å². The Labute approximate surface area is 88.5 Å². The second kappa shape index (κ2) is 4.25. The third-order valence-electron chi connectivity index (χ3n) is 1.99. The molecule has 2 rings (SSSR count). The first kappa shape index (κ1) is 9.22. The fraction of sp³-hybridized carbons (Fsp3) is 0.0769. The molecule has 0 aliphatic heterocycles. The van der Waals surface area contributed by atoms with Crippen LogP contribution in [0.3, 0.4) is 0 Å². The molecule has 0 saturated heterocycles. The van der Waals surface area contributed by atoms with E-state index in [1.807, 2.05) is 6.07 Å². The van der Waals surface area contributed by atoms with Gasteiger partial charge in [0.1, 0.15) is 0 Å². The summed E-state index contributed by atoms with van der Waals surface area (Å²) in [6, 6.07) is 12.6. The Kier molecular flexibility index (Phi) is 2.80. The lowest BCUT2D eigenvalue weighted by Crippen LogP contribution is -1.67. The zero-order valence-corrected chi connectivity index (χ0v) is 8.92. The Balaban J connectivity index is 2.15. The maximum absolute atomic E-state index is 2.20. The monoisotopic (exact) mass is 200 g/mol. The summed E-state index contributed by atoms with van der Waals surface area (Å²) in [7, 11) is 0. The van der Waals surface area contributed by atoms with E-state index in [2.05, 4.69) is 54.8 Å². The molecule has 0 spiro atoms. The fourth-order valence-electron chi connectivity index (χ4n) is 1.28. The minimum Gasteiger partial charge on any atom is -0.144 e. The molecule has 2 aromatic rings. The number of aryl methyl sites for hydroxylation is 1. The Bertz CT molecular complexity index is 424. The maximum atomic E-state index is 2.20. The quantitative estimate of drug-likeness (QED) is 0.680.